The SMILES string of the molecule is CC1(C)Cc2c(cnn2-c2cccc(F)c2)C(NC(=O)CCn2cccn2)C1. The number of nitrogens with zero attached hydrogens (tertiary/aromatic N) is 4. The zero-order valence-electron chi connectivity index (χ0n) is 16.1. The molecule has 146 valence electrons. The standard InChI is InChI=1S/C21H24FN5O/c1-21(2)12-18(25-20(28)7-10-26-9-4-8-23-26)17-14-24-27(19(17)13-21)16-6-3-5-15(22)11-16/h3-6,8-9,11,14,18H,7,10,12-13H2,1-2H3,(H,25,28). The van der Waals surface area contributed by atoms with Crippen LogP contribution in [0.1, 0.15) is 44.0 Å². The van der Waals surface area contributed by atoms with E-state index >= 15 is 0 Å². The molecule has 0 saturated heterocycles. The molecule has 28 heavy (non-hydrogen) atoms. The molecule has 1 aromatic carbocycles. The smallest absolute Gasteiger partial charge is 0.222 e. The summed E-state index contributed by atoms with van der Waals surface area (Å²) in [6.45, 7) is 4.91. The van der Waals surface area contributed by atoms with E-state index in [0.29, 0.717) is 18.7 Å². The summed E-state index contributed by atoms with van der Waals surface area (Å²) < 4.78 is 17.2. The first-order valence-electron chi connectivity index (χ1n) is 9.51. The molecule has 2 heterocycles. The van der Waals surface area contributed by atoms with E-state index in [-0.39, 0.29) is 23.2 Å². The van der Waals surface area contributed by atoms with Crippen molar-refractivity contribution in [2.24, 2.45) is 5.41 Å². The third-order valence-electron chi connectivity index (χ3n) is 5.19. The second kappa shape index (κ2) is 7.22. The van der Waals surface area contributed by atoms with E-state index in [1.807, 2.05) is 18.3 Å². The highest BCUT2D eigenvalue weighted by Crippen LogP contribution is 2.41. The van der Waals surface area contributed by atoms with Crippen LogP contribution in [0, 0.1) is 11.2 Å². The number of fused-ring (bicyclic) bond motifs is 1. The summed E-state index contributed by atoms with van der Waals surface area (Å²) in [5, 5.41) is 11.8. The summed E-state index contributed by atoms with van der Waals surface area (Å²) in [5.74, 6) is -0.303. The minimum absolute atomic E-state index is 0.00195. The van der Waals surface area contributed by atoms with Crippen LogP contribution in [0.4, 0.5) is 4.39 Å². The molecule has 3 aromatic rings. The molecule has 1 aliphatic carbocycles. The molecule has 0 bridgehead atoms. The number of rotatable bonds is 5. The van der Waals surface area contributed by atoms with Gasteiger partial charge in [-0.25, -0.2) is 9.07 Å². The Morgan fingerprint density at radius 2 is 2.18 bits per heavy atom. The largest absolute Gasteiger partial charge is 0.349 e. The van der Waals surface area contributed by atoms with Crippen molar-refractivity contribution in [1.29, 1.82) is 0 Å². The lowest BCUT2D eigenvalue weighted by molar-refractivity contribution is -0.122. The Morgan fingerprint density at radius 1 is 1.32 bits per heavy atom. The minimum atomic E-state index is -0.291. The lowest BCUT2D eigenvalue weighted by Crippen LogP contribution is -2.37. The predicted octanol–water partition coefficient (Wildman–Crippen LogP) is 3.43. The van der Waals surface area contributed by atoms with E-state index in [9.17, 15) is 9.18 Å². The van der Waals surface area contributed by atoms with Gasteiger partial charge in [-0.3, -0.25) is 9.48 Å². The van der Waals surface area contributed by atoms with Crippen molar-refractivity contribution in [3.8, 4) is 5.69 Å². The van der Waals surface area contributed by atoms with E-state index in [1.54, 1.807) is 27.8 Å². The fourth-order valence-electron chi connectivity index (χ4n) is 3.92. The lowest BCUT2D eigenvalue weighted by Gasteiger charge is -2.36. The number of aryl methyl sites for hydroxylation is 1. The van der Waals surface area contributed by atoms with Gasteiger partial charge in [0.1, 0.15) is 5.82 Å². The number of carbonyl (C=O) groups is 1. The van der Waals surface area contributed by atoms with E-state index in [4.69, 9.17) is 0 Å². The first kappa shape index (κ1) is 18.4. The van der Waals surface area contributed by atoms with Crippen LogP contribution in [0.25, 0.3) is 5.69 Å². The number of halogens is 1. The normalized spacial score (nSPS) is 17.9. The van der Waals surface area contributed by atoms with Gasteiger partial charge in [0, 0.05) is 30.9 Å². The second-order valence-corrected chi connectivity index (χ2v) is 8.12. The Bertz CT molecular complexity index is 977. The number of carbonyl (C=O) groups excluding carboxylic acids is 1. The summed E-state index contributed by atoms with van der Waals surface area (Å²) in [6.07, 6.45) is 7.37. The Morgan fingerprint density at radius 3 is 2.93 bits per heavy atom. The van der Waals surface area contributed by atoms with Gasteiger partial charge in [0.15, 0.2) is 0 Å². The lowest BCUT2D eigenvalue weighted by atomic mass is 9.74. The fourth-order valence-corrected chi connectivity index (χ4v) is 3.92. The molecule has 0 fully saturated rings. The summed E-state index contributed by atoms with van der Waals surface area (Å²) in [5.41, 5.74) is 2.73. The number of hydrogen-bond donors (Lipinski definition) is 1. The quantitative estimate of drug-likeness (QED) is 0.736. The highest BCUT2D eigenvalue weighted by molar-refractivity contribution is 5.76. The second-order valence-electron chi connectivity index (χ2n) is 8.12. The zero-order valence-corrected chi connectivity index (χ0v) is 16.1. The number of benzene rings is 1. The number of amides is 1. The Kier molecular flexibility index (Phi) is 4.75. The van der Waals surface area contributed by atoms with E-state index in [1.165, 1.54) is 12.1 Å². The van der Waals surface area contributed by atoms with Gasteiger partial charge in [0.2, 0.25) is 5.91 Å². The molecule has 1 amide bonds. The Balaban J connectivity index is 1.56. The molecule has 0 radical (unpaired) electrons. The van der Waals surface area contributed by atoms with Gasteiger partial charge in [-0.15, -0.1) is 0 Å². The third kappa shape index (κ3) is 3.83. The number of aromatic nitrogens is 4. The highest BCUT2D eigenvalue weighted by Gasteiger charge is 2.36. The average Bonchev–Trinajstić information content (AvgIpc) is 3.28. The molecule has 6 nitrogen and oxygen atoms in total. The van der Waals surface area contributed by atoms with Crippen molar-refractivity contribution < 1.29 is 9.18 Å². The maximum atomic E-state index is 13.7. The average molecular weight is 381 g/mol. The molecule has 0 saturated carbocycles. The Labute approximate surface area is 163 Å². The minimum Gasteiger partial charge on any atom is -0.349 e. The topological polar surface area (TPSA) is 64.7 Å². The van der Waals surface area contributed by atoms with E-state index in [2.05, 4.69) is 29.4 Å². The van der Waals surface area contributed by atoms with Crippen LogP contribution in [0.15, 0.2) is 48.9 Å². The maximum absolute atomic E-state index is 13.7. The van der Waals surface area contributed by atoms with Crippen molar-refractivity contribution in [2.75, 3.05) is 0 Å². The maximum Gasteiger partial charge on any atom is 0.222 e. The molecular formula is C21H24FN5O. The van der Waals surface area contributed by atoms with Crippen LogP contribution >= 0.6 is 0 Å². The highest BCUT2D eigenvalue weighted by atomic mass is 19.1. The van der Waals surface area contributed by atoms with Crippen LogP contribution in [0.3, 0.4) is 0 Å². The van der Waals surface area contributed by atoms with Gasteiger partial charge >= 0.3 is 0 Å². The van der Waals surface area contributed by atoms with Crippen LogP contribution in [0.5, 0.6) is 0 Å². The predicted molar refractivity (Wildman–Crippen MR) is 103 cm³/mol. The molecular weight excluding hydrogens is 357 g/mol. The number of hydrogen-bond acceptors (Lipinski definition) is 3. The van der Waals surface area contributed by atoms with Gasteiger partial charge in [-0.05, 0) is 42.5 Å². The molecule has 7 heteroatoms. The molecule has 0 aliphatic heterocycles. The zero-order chi connectivity index (χ0) is 19.7. The molecule has 1 unspecified atom stereocenters. The first-order chi connectivity index (χ1) is 13.4. The van der Waals surface area contributed by atoms with Crippen LogP contribution < -0.4 is 5.32 Å². The third-order valence-corrected chi connectivity index (χ3v) is 5.19. The Hall–Kier alpha value is -2.96. The molecule has 2 aromatic heterocycles. The molecule has 0 spiro atoms. The van der Waals surface area contributed by atoms with Crippen molar-refractivity contribution in [3.63, 3.8) is 0 Å². The van der Waals surface area contributed by atoms with Gasteiger partial charge in [-0.2, -0.15) is 10.2 Å². The van der Waals surface area contributed by atoms with Crippen molar-refractivity contribution in [2.45, 2.75) is 45.7 Å². The van der Waals surface area contributed by atoms with Crippen molar-refractivity contribution >= 4 is 5.91 Å². The van der Waals surface area contributed by atoms with Gasteiger partial charge in [0.25, 0.3) is 0 Å². The summed E-state index contributed by atoms with van der Waals surface area (Å²) >= 11 is 0. The molecule has 1 atom stereocenters. The van der Waals surface area contributed by atoms with E-state index < -0.39 is 0 Å². The van der Waals surface area contributed by atoms with Crippen molar-refractivity contribution in [3.05, 3.63) is 66.0 Å². The van der Waals surface area contributed by atoms with Crippen LogP contribution in [-0.4, -0.2) is 25.5 Å². The van der Waals surface area contributed by atoms with Crippen LogP contribution in [0.2, 0.25) is 0 Å². The molecule has 4 rings (SSSR count). The first-order valence-corrected chi connectivity index (χ1v) is 9.51. The number of nitrogens with one attached hydrogen (secondary N) is 1. The summed E-state index contributed by atoms with van der Waals surface area (Å²) in [7, 11) is 0. The van der Waals surface area contributed by atoms with Gasteiger partial charge in [-0.1, -0.05) is 19.9 Å². The fraction of sp³-hybridized carbons (Fsp3) is 0.381. The van der Waals surface area contributed by atoms with Crippen LogP contribution in [-0.2, 0) is 17.8 Å². The molecule has 1 N–H and O–H groups in total. The monoisotopic (exact) mass is 381 g/mol. The van der Waals surface area contributed by atoms with E-state index in [0.717, 1.165) is 24.1 Å². The van der Waals surface area contributed by atoms with Gasteiger partial charge in [0.05, 0.1) is 23.6 Å². The van der Waals surface area contributed by atoms with Crippen molar-refractivity contribution in [1.82, 2.24) is 24.9 Å². The van der Waals surface area contributed by atoms with Gasteiger partial charge < -0.3 is 5.32 Å². The summed E-state index contributed by atoms with van der Waals surface area (Å²) in [4.78, 5) is 12.5. The summed E-state index contributed by atoms with van der Waals surface area (Å²) in [6, 6.07) is 8.16. The molecule has 1 aliphatic rings.